The third-order valence-corrected chi connectivity index (χ3v) is 6.01. The number of anilines is 1. The summed E-state index contributed by atoms with van der Waals surface area (Å²) < 4.78 is 5.92. The topological polar surface area (TPSA) is 48.1 Å². The van der Waals surface area contributed by atoms with Crippen LogP contribution in [0.25, 0.3) is 0 Å². The molecule has 3 aliphatic rings. The van der Waals surface area contributed by atoms with Crippen LogP contribution in [-0.4, -0.2) is 74.3 Å². The zero-order chi connectivity index (χ0) is 19.2. The van der Waals surface area contributed by atoms with E-state index in [2.05, 4.69) is 39.4 Å². The van der Waals surface area contributed by atoms with Gasteiger partial charge in [-0.1, -0.05) is 6.42 Å². The summed E-state index contributed by atoms with van der Waals surface area (Å²) in [5.74, 6) is 0.949. The second-order valence-electron chi connectivity index (χ2n) is 8.30. The molecule has 0 radical (unpaired) electrons. The minimum atomic E-state index is 0.107. The van der Waals surface area contributed by atoms with Crippen LogP contribution in [0, 0.1) is 0 Å². The van der Waals surface area contributed by atoms with Gasteiger partial charge in [-0.3, -0.25) is 0 Å². The van der Waals surface area contributed by atoms with E-state index >= 15 is 0 Å². The maximum atomic E-state index is 12.1. The van der Waals surface area contributed by atoms with Gasteiger partial charge < -0.3 is 24.8 Å². The fraction of sp³-hybridized carbons (Fsp3) is 0.682. The number of carbonyl (C=O) groups excluding carboxylic acids is 1. The van der Waals surface area contributed by atoms with Crippen molar-refractivity contribution in [2.75, 3.05) is 57.3 Å². The average Bonchev–Trinajstić information content (AvgIpc) is 3.57. The van der Waals surface area contributed by atoms with Crippen molar-refractivity contribution in [1.29, 1.82) is 0 Å². The Morgan fingerprint density at radius 1 is 0.964 bits per heavy atom. The van der Waals surface area contributed by atoms with Crippen LogP contribution in [-0.2, 0) is 0 Å². The number of ether oxygens (including phenoxy) is 1. The van der Waals surface area contributed by atoms with Crippen molar-refractivity contribution < 1.29 is 9.53 Å². The SMILES string of the molecule is O=C(NC1CC1)N1CCN(c2ccc(OCCCN3CCCCC3)cc2)CC1. The third-order valence-electron chi connectivity index (χ3n) is 6.01. The maximum absolute atomic E-state index is 12.1. The lowest BCUT2D eigenvalue weighted by Crippen LogP contribution is -2.52. The molecule has 0 aromatic heterocycles. The lowest BCUT2D eigenvalue weighted by atomic mass is 10.1. The first-order chi connectivity index (χ1) is 13.8. The van der Waals surface area contributed by atoms with Crippen LogP contribution in [0.5, 0.6) is 5.75 Å². The predicted octanol–water partition coefficient (Wildman–Crippen LogP) is 2.94. The number of hydrogen-bond acceptors (Lipinski definition) is 4. The molecule has 2 aliphatic heterocycles. The van der Waals surface area contributed by atoms with E-state index in [1.54, 1.807) is 0 Å². The van der Waals surface area contributed by atoms with Gasteiger partial charge in [-0.25, -0.2) is 4.79 Å². The molecule has 0 atom stereocenters. The van der Waals surface area contributed by atoms with Crippen molar-refractivity contribution in [1.82, 2.24) is 15.1 Å². The molecule has 2 amide bonds. The first-order valence-electron chi connectivity index (χ1n) is 11.0. The number of hydrogen-bond donors (Lipinski definition) is 1. The molecule has 1 aromatic carbocycles. The summed E-state index contributed by atoms with van der Waals surface area (Å²) in [5.41, 5.74) is 1.21. The van der Waals surface area contributed by atoms with Gasteiger partial charge in [-0.15, -0.1) is 0 Å². The van der Waals surface area contributed by atoms with Crippen molar-refractivity contribution in [2.24, 2.45) is 0 Å². The standard InChI is InChI=1S/C22H34N4O2/c27-22(23-19-5-6-19)26-16-14-25(15-17-26)20-7-9-21(10-8-20)28-18-4-13-24-11-2-1-3-12-24/h7-10,19H,1-6,11-18H2,(H,23,27). The molecule has 2 heterocycles. The molecule has 3 fully saturated rings. The molecule has 2 saturated heterocycles. The van der Waals surface area contributed by atoms with Crippen LogP contribution in [0.1, 0.15) is 38.5 Å². The van der Waals surface area contributed by atoms with Crippen LogP contribution in [0.4, 0.5) is 10.5 Å². The first kappa shape index (κ1) is 19.4. The Kier molecular flexibility index (Phi) is 6.57. The number of benzene rings is 1. The van der Waals surface area contributed by atoms with E-state index in [0.29, 0.717) is 6.04 Å². The largest absolute Gasteiger partial charge is 0.494 e. The molecule has 1 aromatic rings. The summed E-state index contributed by atoms with van der Waals surface area (Å²) in [6.07, 6.45) is 7.45. The van der Waals surface area contributed by atoms with Gasteiger partial charge in [0.05, 0.1) is 6.61 Å². The summed E-state index contributed by atoms with van der Waals surface area (Å²) in [5, 5.41) is 3.08. The molecule has 0 bridgehead atoms. The second-order valence-corrected chi connectivity index (χ2v) is 8.30. The Hall–Kier alpha value is -1.95. The van der Waals surface area contributed by atoms with Gasteiger partial charge in [-0.05, 0) is 69.5 Å². The number of likely N-dealkylation sites (tertiary alicyclic amines) is 1. The van der Waals surface area contributed by atoms with E-state index in [-0.39, 0.29) is 6.03 Å². The lowest BCUT2D eigenvalue weighted by Gasteiger charge is -2.36. The molecule has 4 rings (SSSR count). The van der Waals surface area contributed by atoms with Crippen LogP contribution in [0.15, 0.2) is 24.3 Å². The lowest BCUT2D eigenvalue weighted by molar-refractivity contribution is 0.194. The Bertz CT molecular complexity index is 618. The minimum absolute atomic E-state index is 0.107. The maximum Gasteiger partial charge on any atom is 0.317 e. The number of nitrogens with one attached hydrogen (secondary N) is 1. The van der Waals surface area contributed by atoms with Gasteiger partial charge in [-0.2, -0.15) is 0 Å². The van der Waals surface area contributed by atoms with Crippen molar-refractivity contribution >= 4 is 11.7 Å². The molecule has 6 heteroatoms. The summed E-state index contributed by atoms with van der Waals surface area (Å²) >= 11 is 0. The highest BCUT2D eigenvalue weighted by Crippen LogP contribution is 2.22. The van der Waals surface area contributed by atoms with Gasteiger partial charge in [0.25, 0.3) is 0 Å². The highest BCUT2D eigenvalue weighted by atomic mass is 16.5. The van der Waals surface area contributed by atoms with Crippen molar-refractivity contribution in [2.45, 2.75) is 44.6 Å². The van der Waals surface area contributed by atoms with Gasteiger partial charge in [0, 0.05) is 44.5 Å². The number of amides is 2. The number of urea groups is 1. The number of rotatable bonds is 7. The molecular formula is C22H34N4O2. The van der Waals surface area contributed by atoms with Crippen molar-refractivity contribution in [3.8, 4) is 5.75 Å². The van der Waals surface area contributed by atoms with E-state index in [1.807, 2.05) is 4.90 Å². The van der Waals surface area contributed by atoms with Crippen LogP contribution in [0.2, 0.25) is 0 Å². The van der Waals surface area contributed by atoms with Crippen molar-refractivity contribution in [3.63, 3.8) is 0 Å². The number of nitrogens with zero attached hydrogens (tertiary/aromatic N) is 3. The summed E-state index contributed by atoms with van der Waals surface area (Å²) in [6, 6.07) is 8.96. The molecular weight excluding hydrogens is 352 g/mol. The highest BCUT2D eigenvalue weighted by Gasteiger charge is 2.27. The predicted molar refractivity (Wildman–Crippen MR) is 112 cm³/mol. The number of piperazine rings is 1. The van der Waals surface area contributed by atoms with E-state index in [9.17, 15) is 4.79 Å². The van der Waals surface area contributed by atoms with Gasteiger partial charge in [0.2, 0.25) is 0 Å². The summed E-state index contributed by atoms with van der Waals surface area (Å²) in [7, 11) is 0. The Morgan fingerprint density at radius 2 is 1.68 bits per heavy atom. The number of carbonyl (C=O) groups is 1. The fourth-order valence-corrected chi connectivity index (χ4v) is 4.08. The highest BCUT2D eigenvalue weighted by molar-refractivity contribution is 5.75. The smallest absolute Gasteiger partial charge is 0.317 e. The minimum Gasteiger partial charge on any atom is -0.494 e. The molecule has 1 N–H and O–H groups in total. The molecule has 154 valence electrons. The fourth-order valence-electron chi connectivity index (χ4n) is 4.08. The Morgan fingerprint density at radius 3 is 2.36 bits per heavy atom. The quantitative estimate of drug-likeness (QED) is 0.732. The average molecular weight is 387 g/mol. The molecule has 0 spiro atoms. The van der Waals surface area contributed by atoms with Crippen LogP contribution in [0.3, 0.4) is 0 Å². The molecule has 1 aliphatic carbocycles. The van der Waals surface area contributed by atoms with Crippen LogP contribution < -0.4 is 15.0 Å². The van der Waals surface area contributed by atoms with Crippen LogP contribution >= 0.6 is 0 Å². The van der Waals surface area contributed by atoms with E-state index in [4.69, 9.17) is 4.74 Å². The Labute approximate surface area is 168 Å². The molecule has 1 saturated carbocycles. The third kappa shape index (κ3) is 5.53. The molecule has 6 nitrogen and oxygen atoms in total. The van der Waals surface area contributed by atoms with Gasteiger partial charge >= 0.3 is 6.03 Å². The zero-order valence-corrected chi connectivity index (χ0v) is 16.9. The second kappa shape index (κ2) is 9.50. The van der Waals surface area contributed by atoms with E-state index in [0.717, 1.165) is 64.3 Å². The summed E-state index contributed by atoms with van der Waals surface area (Å²) in [4.78, 5) is 19.0. The first-order valence-corrected chi connectivity index (χ1v) is 11.0. The van der Waals surface area contributed by atoms with Gasteiger partial charge in [0.15, 0.2) is 0 Å². The number of piperidine rings is 1. The van der Waals surface area contributed by atoms with E-state index < -0.39 is 0 Å². The summed E-state index contributed by atoms with van der Waals surface area (Å²) in [6.45, 7) is 7.78. The van der Waals surface area contributed by atoms with E-state index in [1.165, 1.54) is 38.0 Å². The molecule has 0 unspecified atom stereocenters. The van der Waals surface area contributed by atoms with Gasteiger partial charge in [0.1, 0.15) is 5.75 Å². The Balaban J connectivity index is 1.15. The zero-order valence-electron chi connectivity index (χ0n) is 16.9. The molecule has 28 heavy (non-hydrogen) atoms. The monoisotopic (exact) mass is 386 g/mol. The normalized spacial score (nSPS) is 20.9. The van der Waals surface area contributed by atoms with Crippen molar-refractivity contribution in [3.05, 3.63) is 24.3 Å².